The van der Waals surface area contributed by atoms with Gasteiger partial charge in [-0.15, -0.1) is 0 Å². The van der Waals surface area contributed by atoms with Crippen molar-refractivity contribution in [1.29, 1.82) is 0 Å². The quantitative estimate of drug-likeness (QED) is 0.399. The molecule has 2 atom stereocenters. The third-order valence-electron chi connectivity index (χ3n) is 6.48. The molecule has 0 unspecified atom stereocenters. The summed E-state index contributed by atoms with van der Waals surface area (Å²) in [5.41, 5.74) is 3.15. The Morgan fingerprint density at radius 3 is 1.90 bits per heavy atom. The lowest BCUT2D eigenvalue weighted by Crippen LogP contribution is -2.65. The van der Waals surface area contributed by atoms with Crippen molar-refractivity contribution in [3.63, 3.8) is 0 Å². The number of carbonyl (C=O) groups excluding carboxylic acids is 1. The monoisotopic (exact) mass is 426 g/mol. The molecule has 1 saturated heterocycles. The number of amides is 1. The highest BCUT2D eigenvalue weighted by atomic mass is 28.4. The molecule has 1 aromatic carbocycles. The molecule has 3 rings (SSSR count). The maximum atomic E-state index is 13.4. The first kappa shape index (κ1) is 22.5. The summed E-state index contributed by atoms with van der Waals surface area (Å²) in [6.07, 6.45) is 3.09. The number of nitrogens with zero attached hydrogens (tertiary/aromatic N) is 2. The minimum absolute atomic E-state index is 0.0285. The van der Waals surface area contributed by atoms with Gasteiger partial charge in [0.05, 0.1) is 13.2 Å². The molecule has 0 N–H and O–H groups in total. The number of hydrogen-bond donors (Lipinski definition) is 0. The normalized spacial score (nSPS) is 19.5. The second kappa shape index (κ2) is 8.90. The Morgan fingerprint density at radius 2 is 1.43 bits per heavy atom. The predicted octanol–water partition coefficient (Wildman–Crippen LogP) is 5.74. The molecule has 162 valence electrons. The molecular formula is C24H34N2O3Si. The van der Waals surface area contributed by atoms with Crippen LogP contribution in [-0.2, 0) is 9.22 Å². The molecule has 5 nitrogen and oxygen atoms in total. The van der Waals surface area contributed by atoms with Crippen molar-refractivity contribution >= 4 is 19.9 Å². The summed E-state index contributed by atoms with van der Waals surface area (Å²) in [5.74, 6) is 0.798. The van der Waals surface area contributed by atoms with Crippen LogP contribution in [0.5, 0.6) is 5.75 Å². The van der Waals surface area contributed by atoms with E-state index in [1.807, 2.05) is 41.3 Å². The summed E-state index contributed by atoms with van der Waals surface area (Å²) in [6, 6.07) is 11.4. The molecule has 2 aromatic rings. The van der Waals surface area contributed by atoms with E-state index in [4.69, 9.17) is 9.16 Å². The summed E-state index contributed by atoms with van der Waals surface area (Å²) in [6.45, 7) is 13.5. The fraction of sp³-hybridized carbons (Fsp3) is 0.500. The first-order chi connectivity index (χ1) is 14.2. The lowest BCUT2D eigenvalue weighted by Gasteiger charge is -2.53. The fourth-order valence-corrected chi connectivity index (χ4v) is 10.6. The van der Waals surface area contributed by atoms with Crippen LogP contribution in [0.4, 0.5) is 5.69 Å². The Balaban J connectivity index is 2.00. The standard InChI is InChI=1S/C24H34N2O3Si/c1-16(2)30(17(3)4,18(5)6)29-23-22(19-12-14-25-15-13-19)26(24(23)27)20-8-10-21(28-7)11-9-20/h8-18,22-23H,1-7H3/t22-,23+/m0/s1. The highest BCUT2D eigenvalue weighted by Crippen LogP contribution is 2.48. The number of aromatic nitrogens is 1. The zero-order valence-corrected chi connectivity index (χ0v) is 20.1. The lowest BCUT2D eigenvalue weighted by molar-refractivity contribution is -0.136. The van der Waals surface area contributed by atoms with Gasteiger partial charge in [0.1, 0.15) is 11.9 Å². The number of ether oxygens (including phenoxy) is 1. The molecule has 1 aromatic heterocycles. The minimum atomic E-state index is -2.21. The van der Waals surface area contributed by atoms with E-state index in [-0.39, 0.29) is 11.9 Å². The van der Waals surface area contributed by atoms with Gasteiger partial charge in [-0.1, -0.05) is 41.5 Å². The number of carbonyl (C=O) groups is 1. The first-order valence-corrected chi connectivity index (χ1v) is 12.9. The maximum absolute atomic E-state index is 13.4. The first-order valence-electron chi connectivity index (χ1n) is 10.8. The van der Waals surface area contributed by atoms with Crippen LogP contribution in [0.15, 0.2) is 48.8 Å². The Bertz CT molecular complexity index is 831. The molecule has 6 heteroatoms. The van der Waals surface area contributed by atoms with Gasteiger partial charge in [-0.3, -0.25) is 14.7 Å². The van der Waals surface area contributed by atoms with Crippen molar-refractivity contribution in [2.45, 2.75) is 70.3 Å². The molecule has 0 aliphatic carbocycles. The van der Waals surface area contributed by atoms with Crippen LogP contribution < -0.4 is 9.64 Å². The van der Waals surface area contributed by atoms with E-state index in [1.54, 1.807) is 19.5 Å². The molecule has 1 aliphatic heterocycles. The Morgan fingerprint density at radius 1 is 0.900 bits per heavy atom. The minimum Gasteiger partial charge on any atom is -0.497 e. The van der Waals surface area contributed by atoms with Gasteiger partial charge in [0.2, 0.25) is 8.32 Å². The highest BCUT2D eigenvalue weighted by molar-refractivity contribution is 6.77. The van der Waals surface area contributed by atoms with E-state index in [9.17, 15) is 4.79 Å². The molecule has 0 saturated carbocycles. The number of β-lactam (4-membered cyclic amide) rings is 1. The molecule has 2 heterocycles. The number of rotatable bonds is 8. The zero-order valence-electron chi connectivity index (χ0n) is 19.1. The van der Waals surface area contributed by atoms with Crippen molar-refractivity contribution in [2.24, 2.45) is 0 Å². The fourth-order valence-electron chi connectivity index (χ4n) is 5.12. The van der Waals surface area contributed by atoms with Gasteiger partial charge in [0, 0.05) is 18.1 Å². The van der Waals surface area contributed by atoms with Gasteiger partial charge in [-0.2, -0.15) is 0 Å². The summed E-state index contributed by atoms with van der Waals surface area (Å²) in [4.78, 5) is 19.4. The summed E-state index contributed by atoms with van der Waals surface area (Å²) < 4.78 is 12.2. The van der Waals surface area contributed by atoms with Crippen molar-refractivity contribution in [1.82, 2.24) is 4.98 Å². The van der Waals surface area contributed by atoms with Crippen molar-refractivity contribution < 1.29 is 14.0 Å². The van der Waals surface area contributed by atoms with E-state index in [0.29, 0.717) is 16.6 Å². The summed E-state index contributed by atoms with van der Waals surface area (Å²) >= 11 is 0. The number of anilines is 1. The average Bonchev–Trinajstić information content (AvgIpc) is 2.72. The molecule has 1 aliphatic rings. The number of benzene rings is 1. The molecule has 1 fully saturated rings. The Labute approximate surface area is 181 Å². The van der Waals surface area contributed by atoms with Gasteiger partial charge in [-0.05, 0) is 58.6 Å². The molecule has 30 heavy (non-hydrogen) atoms. The SMILES string of the molecule is COc1ccc(N2C(=O)[C@H](O[Si](C(C)C)(C(C)C)C(C)C)[C@@H]2c2ccncc2)cc1. The van der Waals surface area contributed by atoms with Crippen molar-refractivity contribution in [3.8, 4) is 5.75 Å². The van der Waals surface area contributed by atoms with Gasteiger partial charge < -0.3 is 9.16 Å². The van der Waals surface area contributed by atoms with Gasteiger partial charge in [0.25, 0.3) is 5.91 Å². The van der Waals surface area contributed by atoms with Crippen LogP contribution in [0, 0.1) is 0 Å². The second-order valence-electron chi connectivity index (χ2n) is 8.99. The van der Waals surface area contributed by atoms with Crippen molar-refractivity contribution in [3.05, 3.63) is 54.4 Å². The highest BCUT2D eigenvalue weighted by Gasteiger charge is 2.56. The van der Waals surface area contributed by atoms with Crippen molar-refractivity contribution in [2.75, 3.05) is 12.0 Å². The lowest BCUT2D eigenvalue weighted by atomic mass is 9.90. The Hall–Kier alpha value is -2.18. The number of pyridine rings is 1. The van der Waals surface area contributed by atoms with E-state index in [2.05, 4.69) is 46.5 Å². The average molecular weight is 427 g/mol. The van der Waals surface area contributed by atoms with Crippen LogP contribution in [0.25, 0.3) is 0 Å². The predicted molar refractivity (Wildman–Crippen MR) is 123 cm³/mol. The third kappa shape index (κ3) is 3.78. The molecule has 0 spiro atoms. The van der Waals surface area contributed by atoms with Gasteiger partial charge in [0.15, 0.2) is 0 Å². The van der Waals surface area contributed by atoms with Crippen LogP contribution in [0.3, 0.4) is 0 Å². The smallest absolute Gasteiger partial charge is 0.258 e. The largest absolute Gasteiger partial charge is 0.497 e. The van der Waals surface area contributed by atoms with Crippen LogP contribution in [0.1, 0.15) is 53.1 Å². The van der Waals surface area contributed by atoms with Gasteiger partial charge in [-0.25, -0.2) is 0 Å². The maximum Gasteiger partial charge on any atom is 0.258 e. The number of hydrogen-bond acceptors (Lipinski definition) is 4. The molecule has 0 radical (unpaired) electrons. The van der Waals surface area contributed by atoms with E-state index >= 15 is 0 Å². The second-order valence-corrected chi connectivity index (χ2v) is 14.4. The van der Waals surface area contributed by atoms with Gasteiger partial charge >= 0.3 is 0 Å². The summed E-state index contributed by atoms with van der Waals surface area (Å²) in [5, 5.41) is 0. The molecule has 0 bridgehead atoms. The van der Waals surface area contributed by atoms with Crippen LogP contribution in [-0.4, -0.2) is 32.4 Å². The topological polar surface area (TPSA) is 51.7 Å². The van der Waals surface area contributed by atoms with E-state index in [1.165, 1.54) is 0 Å². The molecule has 1 amide bonds. The van der Waals surface area contributed by atoms with E-state index in [0.717, 1.165) is 17.0 Å². The van der Waals surface area contributed by atoms with Crippen LogP contribution in [0.2, 0.25) is 16.6 Å². The number of methoxy groups -OCH3 is 1. The zero-order chi connectivity index (χ0) is 22.1. The third-order valence-corrected chi connectivity index (χ3v) is 12.6. The van der Waals surface area contributed by atoms with Crippen LogP contribution >= 0.6 is 0 Å². The molecular weight excluding hydrogens is 392 g/mol. The summed E-state index contributed by atoms with van der Waals surface area (Å²) in [7, 11) is -0.565. The van der Waals surface area contributed by atoms with E-state index < -0.39 is 14.4 Å². The Kier molecular flexibility index (Phi) is 6.67.